The highest BCUT2D eigenvalue weighted by atomic mass is 32.2. The van der Waals surface area contributed by atoms with Crippen LogP contribution in [0.15, 0.2) is 86.5 Å². The summed E-state index contributed by atoms with van der Waals surface area (Å²) < 4.78 is 7.23. The van der Waals surface area contributed by atoms with Gasteiger partial charge in [0, 0.05) is 17.6 Å². The number of carbonyl (C=O) groups is 1. The number of thioether (sulfide) groups is 1. The summed E-state index contributed by atoms with van der Waals surface area (Å²) in [5.74, 6) is 0.584. The first-order valence-electron chi connectivity index (χ1n) is 12.0. The van der Waals surface area contributed by atoms with E-state index in [1.807, 2.05) is 74.5 Å². The Morgan fingerprint density at radius 1 is 1.05 bits per heavy atom. The number of ether oxygens (including phenoxy) is 1. The molecule has 192 valence electrons. The molecule has 2 aromatic carbocycles. The molecule has 6 nitrogen and oxygen atoms in total. The quantitative estimate of drug-likeness (QED) is 0.158. The van der Waals surface area contributed by atoms with E-state index >= 15 is 0 Å². The van der Waals surface area contributed by atoms with Gasteiger partial charge in [-0.1, -0.05) is 71.6 Å². The van der Waals surface area contributed by atoms with E-state index < -0.39 is 0 Å². The number of hydrogen-bond acceptors (Lipinski definition) is 7. The summed E-state index contributed by atoms with van der Waals surface area (Å²) in [5, 5.41) is 0.552. The molecule has 1 saturated heterocycles. The number of fused-ring (bicyclic) bond motifs is 1. The molecule has 3 heterocycles. The summed E-state index contributed by atoms with van der Waals surface area (Å²) in [4.78, 5) is 34.9. The lowest BCUT2D eigenvalue weighted by Gasteiger charge is -2.14. The molecule has 1 amide bonds. The maximum atomic E-state index is 13.7. The average molecular weight is 560 g/mol. The fraction of sp³-hybridized carbons (Fsp3) is 0.172. The van der Waals surface area contributed by atoms with Gasteiger partial charge in [0.25, 0.3) is 11.5 Å². The van der Waals surface area contributed by atoms with Gasteiger partial charge in [0.15, 0.2) is 0 Å². The highest BCUT2D eigenvalue weighted by molar-refractivity contribution is 8.26. The van der Waals surface area contributed by atoms with Crippen LogP contribution in [0.3, 0.4) is 0 Å². The number of pyridine rings is 1. The minimum Gasteiger partial charge on any atom is -0.497 e. The van der Waals surface area contributed by atoms with E-state index in [2.05, 4.69) is 0 Å². The first-order valence-corrected chi connectivity index (χ1v) is 14.0. The minimum atomic E-state index is -0.225. The number of methoxy groups -OCH3 is 1. The van der Waals surface area contributed by atoms with E-state index in [0.29, 0.717) is 38.4 Å². The summed E-state index contributed by atoms with van der Waals surface area (Å²) in [6, 6.07) is 19.5. The van der Waals surface area contributed by atoms with Crippen LogP contribution in [0.4, 0.5) is 0 Å². The molecular weight excluding hydrogens is 535 g/mol. The Hall–Kier alpha value is -3.40. The number of hydrogen-bond donors (Lipinski definition) is 0. The van der Waals surface area contributed by atoms with Gasteiger partial charge >= 0.3 is 0 Å². The Kier molecular flexibility index (Phi) is 7.69. The van der Waals surface area contributed by atoms with E-state index in [-0.39, 0.29) is 11.5 Å². The van der Waals surface area contributed by atoms with Gasteiger partial charge in [-0.3, -0.25) is 18.9 Å². The highest BCUT2D eigenvalue weighted by Crippen LogP contribution is 2.35. The Balaban J connectivity index is 1.48. The zero-order chi connectivity index (χ0) is 26.8. The monoisotopic (exact) mass is 559 g/mol. The lowest BCUT2D eigenvalue weighted by atomic mass is 10.1. The lowest BCUT2D eigenvalue weighted by molar-refractivity contribution is -0.122. The van der Waals surface area contributed by atoms with Crippen molar-refractivity contribution in [2.24, 2.45) is 0 Å². The van der Waals surface area contributed by atoms with Crippen LogP contribution in [-0.4, -0.2) is 38.2 Å². The van der Waals surface area contributed by atoms with Crippen LogP contribution in [0.1, 0.15) is 22.3 Å². The van der Waals surface area contributed by atoms with Crippen molar-refractivity contribution in [3.63, 3.8) is 0 Å². The smallest absolute Gasteiger partial charge is 0.266 e. The molecule has 1 aliphatic heterocycles. The molecule has 0 radical (unpaired) electrons. The molecule has 0 spiro atoms. The van der Waals surface area contributed by atoms with Gasteiger partial charge in [-0.2, -0.15) is 0 Å². The Morgan fingerprint density at radius 3 is 2.50 bits per heavy atom. The molecule has 0 aliphatic carbocycles. The van der Waals surface area contributed by atoms with Crippen molar-refractivity contribution >= 4 is 57.7 Å². The van der Waals surface area contributed by atoms with Gasteiger partial charge < -0.3 is 4.74 Å². The van der Waals surface area contributed by atoms with Crippen LogP contribution in [0.25, 0.3) is 11.7 Å². The van der Waals surface area contributed by atoms with Gasteiger partial charge in [0.2, 0.25) is 0 Å². The summed E-state index contributed by atoms with van der Waals surface area (Å²) in [6.07, 6.45) is 4.00. The van der Waals surface area contributed by atoms with Crippen LogP contribution in [0, 0.1) is 13.8 Å². The fourth-order valence-electron chi connectivity index (χ4n) is 4.07. The van der Waals surface area contributed by atoms with Crippen molar-refractivity contribution < 1.29 is 9.53 Å². The molecule has 0 bridgehead atoms. The van der Waals surface area contributed by atoms with Crippen LogP contribution in [0.2, 0.25) is 0 Å². The van der Waals surface area contributed by atoms with Crippen LogP contribution in [-0.2, 0) is 11.2 Å². The van der Waals surface area contributed by atoms with Crippen molar-refractivity contribution in [2.75, 3.05) is 13.7 Å². The number of aromatic nitrogens is 2. The molecule has 0 saturated carbocycles. The van der Waals surface area contributed by atoms with Gasteiger partial charge in [0.05, 0.1) is 17.6 Å². The second-order valence-corrected chi connectivity index (χ2v) is 11.6. The normalized spacial score (nSPS) is 14.6. The van der Waals surface area contributed by atoms with Crippen LogP contribution in [0.5, 0.6) is 5.75 Å². The first-order chi connectivity index (χ1) is 18.3. The molecule has 4 aromatic rings. The predicted molar refractivity (Wildman–Crippen MR) is 158 cm³/mol. The second-order valence-electron chi connectivity index (χ2n) is 8.87. The van der Waals surface area contributed by atoms with E-state index in [0.717, 1.165) is 27.3 Å². The molecular formula is C29H25N3O3S3. The molecule has 38 heavy (non-hydrogen) atoms. The average Bonchev–Trinajstić information content (AvgIpc) is 3.19. The molecule has 0 atom stereocenters. The molecule has 1 aliphatic rings. The Morgan fingerprint density at radius 2 is 1.79 bits per heavy atom. The van der Waals surface area contributed by atoms with Crippen LogP contribution < -0.4 is 10.3 Å². The third-order valence-electron chi connectivity index (χ3n) is 6.22. The molecule has 0 unspecified atom stereocenters. The van der Waals surface area contributed by atoms with E-state index in [1.54, 1.807) is 24.3 Å². The van der Waals surface area contributed by atoms with E-state index in [4.69, 9.17) is 21.9 Å². The number of aryl methyl sites for hydroxylation is 2. The summed E-state index contributed by atoms with van der Waals surface area (Å²) in [6.45, 7) is 4.41. The van der Waals surface area contributed by atoms with Gasteiger partial charge in [-0.15, -0.1) is 0 Å². The minimum absolute atomic E-state index is 0.200. The number of nitrogens with zero attached hydrogens (tertiary/aromatic N) is 3. The number of benzene rings is 2. The summed E-state index contributed by atoms with van der Waals surface area (Å²) in [7, 11) is 1.63. The number of rotatable bonds is 7. The Labute approximate surface area is 234 Å². The highest BCUT2D eigenvalue weighted by Gasteiger charge is 2.32. The number of thiocarbonyl (C=S) groups is 1. The summed E-state index contributed by atoms with van der Waals surface area (Å²) in [5.41, 5.74) is 3.86. The zero-order valence-electron chi connectivity index (χ0n) is 21.1. The predicted octanol–water partition coefficient (Wildman–Crippen LogP) is 5.92. The second kappa shape index (κ2) is 11.1. The molecule has 0 N–H and O–H groups in total. The molecule has 2 aromatic heterocycles. The molecule has 1 fully saturated rings. The maximum absolute atomic E-state index is 13.7. The number of amides is 1. The Bertz CT molecular complexity index is 1630. The van der Waals surface area contributed by atoms with Crippen molar-refractivity contribution in [1.82, 2.24) is 14.3 Å². The largest absolute Gasteiger partial charge is 0.497 e. The molecule has 9 heteroatoms. The first kappa shape index (κ1) is 26.2. The van der Waals surface area contributed by atoms with Gasteiger partial charge in [-0.25, -0.2) is 4.98 Å². The van der Waals surface area contributed by atoms with Gasteiger partial charge in [-0.05, 0) is 67.8 Å². The zero-order valence-corrected chi connectivity index (χ0v) is 23.6. The van der Waals surface area contributed by atoms with Crippen molar-refractivity contribution in [1.29, 1.82) is 0 Å². The fourth-order valence-corrected chi connectivity index (χ4v) is 6.24. The van der Waals surface area contributed by atoms with Crippen LogP contribution >= 0.6 is 35.7 Å². The third kappa shape index (κ3) is 5.41. The topological polar surface area (TPSA) is 63.9 Å². The van der Waals surface area contributed by atoms with E-state index in [1.165, 1.54) is 27.9 Å². The van der Waals surface area contributed by atoms with Crippen molar-refractivity contribution in [3.05, 3.63) is 104 Å². The third-order valence-corrected chi connectivity index (χ3v) is 8.61. The maximum Gasteiger partial charge on any atom is 0.266 e. The summed E-state index contributed by atoms with van der Waals surface area (Å²) >= 11 is 8.17. The van der Waals surface area contributed by atoms with E-state index in [9.17, 15) is 9.59 Å². The molecule has 5 rings (SSSR count). The van der Waals surface area contributed by atoms with Gasteiger partial charge in [0.1, 0.15) is 20.7 Å². The number of carbonyl (C=O) groups excluding carboxylic acids is 1. The lowest BCUT2D eigenvalue weighted by Crippen LogP contribution is -2.30. The standard InChI is InChI=1S/C29H25N3O3S3/c1-18-6-12-22(13-7-18)37-26-23(27(33)31-15-4-5-19(2)25(31)30-26)17-24-28(34)32(29(36)38-24)16-14-20-8-10-21(35-3)11-9-20/h4-13,15,17H,14,16H2,1-3H3. The van der Waals surface area contributed by atoms with Crippen molar-refractivity contribution in [2.45, 2.75) is 30.2 Å². The van der Waals surface area contributed by atoms with Crippen molar-refractivity contribution in [3.8, 4) is 5.75 Å². The SMILES string of the molecule is COc1ccc(CCN2C(=O)C(=Cc3c(Sc4ccc(C)cc4)nc4c(C)cccn4c3=O)SC2=S)cc1.